The van der Waals surface area contributed by atoms with Gasteiger partial charge in [-0.3, -0.25) is 4.79 Å². The zero-order valence-corrected chi connectivity index (χ0v) is 15.9. The molecule has 0 radical (unpaired) electrons. The number of nitrogens with one attached hydrogen (secondary N) is 1. The van der Waals surface area contributed by atoms with Crippen molar-refractivity contribution in [3.05, 3.63) is 41.3 Å². The molecule has 0 spiro atoms. The van der Waals surface area contributed by atoms with Gasteiger partial charge in [0.25, 0.3) is 0 Å². The Kier molecular flexibility index (Phi) is 5.34. The number of nitrogens with two attached hydrogens (primary N) is 1. The van der Waals surface area contributed by atoms with Crippen molar-refractivity contribution < 1.29 is 14.1 Å². The molecule has 2 heterocycles. The number of hydrogen-bond acceptors (Lipinski definition) is 5. The lowest BCUT2D eigenvalue weighted by Crippen LogP contribution is -2.47. The Morgan fingerprint density at radius 2 is 2.04 bits per heavy atom. The molecule has 8 heteroatoms. The lowest BCUT2D eigenvalue weighted by molar-refractivity contribution is -0.134. The predicted molar refractivity (Wildman–Crippen MR) is 102 cm³/mol. The van der Waals surface area contributed by atoms with Gasteiger partial charge in [0.15, 0.2) is 5.76 Å². The molecule has 0 bridgehead atoms. The van der Waals surface area contributed by atoms with Crippen molar-refractivity contribution in [2.24, 2.45) is 0 Å². The van der Waals surface area contributed by atoms with Crippen molar-refractivity contribution in [2.75, 3.05) is 24.6 Å². The molecule has 8 nitrogen and oxygen atoms in total. The number of aryl methyl sites for hydroxylation is 2. The SMILES string of the molecule is Cc1noc(C)c1NC(=O)N1CCCC1C(=O)N(C)Cc1ccc(N)cc1. The summed E-state index contributed by atoms with van der Waals surface area (Å²) in [5.74, 6) is 0.474. The second-order valence-electron chi connectivity index (χ2n) is 6.92. The summed E-state index contributed by atoms with van der Waals surface area (Å²) in [6.45, 7) is 4.51. The predicted octanol–water partition coefficient (Wildman–Crippen LogP) is 2.53. The van der Waals surface area contributed by atoms with E-state index >= 15 is 0 Å². The Morgan fingerprint density at radius 1 is 1.33 bits per heavy atom. The van der Waals surface area contributed by atoms with Crippen molar-refractivity contribution in [3.8, 4) is 0 Å². The molecule has 1 aromatic carbocycles. The molecule has 1 atom stereocenters. The minimum absolute atomic E-state index is 0.0711. The largest absolute Gasteiger partial charge is 0.399 e. The van der Waals surface area contributed by atoms with E-state index in [0.29, 0.717) is 42.3 Å². The number of rotatable bonds is 4. The quantitative estimate of drug-likeness (QED) is 0.804. The van der Waals surface area contributed by atoms with E-state index in [1.54, 1.807) is 30.7 Å². The van der Waals surface area contributed by atoms with Crippen LogP contribution in [0.2, 0.25) is 0 Å². The van der Waals surface area contributed by atoms with E-state index in [9.17, 15) is 9.59 Å². The van der Waals surface area contributed by atoms with Gasteiger partial charge >= 0.3 is 6.03 Å². The molecule has 1 unspecified atom stereocenters. The summed E-state index contributed by atoms with van der Waals surface area (Å²) in [5.41, 5.74) is 8.56. The number of nitrogen functional groups attached to an aromatic ring is 1. The fourth-order valence-electron chi connectivity index (χ4n) is 3.34. The summed E-state index contributed by atoms with van der Waals surface area (Å²) in [4.78, 5) is 28.9. The number of likely N-dealkylation sites (N-methyl/N-ethyl adjacent to an activating group) is 1. The fourth-order valence-corrected chi connectivity index (χ4v) is 3.34. The van der Waals surface area contributed by atoms with Gasteiger partial charge in [-0.2, -0.15) is 0 Å². The third-order valence-corrected chi connectivity index (χ3v) is 4.84. The first-order valence-electron chi connectivity index (χ1n) is 8.96. The van der Waals surface area contributed by atoms with Gasteiger partial charge in [-0.15, -0.1) is 0 Å². The monoisotopic (exact) mass is 371 g/mol. The Bertz CT molecular complexity index is 811. The van der Waals surface area contributed by atoms with Crippen LogP contribution in [-0.2, 0) is 11.3 Å². The minimum atomic E-state index is -0.468. The molecule has 1 fully saturated rings. The van der Waals surface area contributed by atoms with Gasteiger partial charge < -0.3 is 25.4 Å². The number of anilines is 2. The smallest absolute Gasteiger partial charge is 0.322 e. The van der Waals surface area contributed by atoms with Crippen molar-refractivity contribution in [3.63, 3.8) is 0 Å². The number of benzene rings is 1. The minimum Gasteiger partial charge on any atom is -0.399 e. The highest BCUT2D eigenvalue weighted by atomic mass is 16.5. The average Bonchev–Trinajstić information content (AvgIpc) is 3.25. The first-order valence-corrected chi connectivity index (χ1v) is 8.96. The molecule has 0 aliphatic carbocycles. The normalized spacial score (nSPS) is 16.4. The Balaban J connectivity index is 1.66. The van der Waals surface area contributed by atoms with Crippen molar-refractivity contribution >= 4 is 23.3 Å². The molecule has 1 aromatic heterocycles. The molecule has 1 aliphatic heterocycles. The van der Waals surface area contributed by atoms with Gasteiger partial charge in [-0.25, -0.2) is 4.79 Å². The molecule has 3 N–H and O–H groups in total. The van der Waals surface area contributed by atoms with Crippen LogP contribution in [0.1, 0.15) is 29.9 Å². The van der Waals surface area contributed by atoms with Gasteiger partial charge in [0, 0.05) is 25.8 Å². The van der Waals surface area contributed by atoms with Crippen LogP contribution in [0.4, 0.5) is 16.2 Å². The molecular weight excluding hydrogens is 346 g/mol. The van der Waals surface area contributed by atoms with E-state index in [0.717, 1.165) is 12.0 Å². The molecule has 1 aliphatic rings. The summed E-state index contributed by atoms with van der Waals surface area (Å²) in [7, 11) is 1.75. The van der Waals surface area contributed by atoms with Crippen LogP contribution in [0.25, 0.3) is 0 Å². The molecule has 27 heavy (non-hydrogen) atoms. The van der Waals surface area contributed by atoms with Crippen LogP contribution in [0.3, 0.4) is 0 Å². The Morgan fingerprint density at radius 3 is 2.67 bits per heavy atom. The number of amides is 3. The molecule has 3 rings (SSSR count). The third kappa shape index (κ3) is 4.05. The summed E-state index contributed by atoms with van der Waals surface area (Å²) in [5, 5.41) is 6.67. The average molecular weight is 371 g/mol. The zero-order chi connectivity index (χ0) is 19.6. The Hall–Kier alpha value is -3.03. The third-order valence-electron chi connectivity index (χ3n) is 4.84. The van der Waals surface area contributed by atoms with Gasteiger partial charge in [-0.05, 0) is 44.4 Å². The van der Waals surface area contributed by atoms with Crippen LogP contribution >= 0.6 is 0 Å². The van der Waals surface area contributed by atoms with E-state index in [1.807, 2.05) is 24.3 Å². The van der Waals surface area contributed by atoms with E-state index in [-0.39, 0.29) is 11.9 Å². The van der Waals surface area contributed by atoms with Crippen LogP contribution < -0.4 is 11.1 Å². The van der Waals surface area contributed by atoms with Gasteiger partial charge in [0.1, 0.15) is 17.4 Å². The van der Waals surface area contributed by atoms with Crippen LogP contribution in [0.5, 0.6) is 0 Å². The van der Waals surface area contributed by atoms with Crippen molar-refractivity contribution in [1.29, 1.82) is 0 Å². The second kappa shape index (κ2) is 7.69. The van der Waals surface area contributed by atoms with E-state index in [4.69, 9.17) is 10.3 Å². The number of likely N-dealkylation sites (tertiary alicyclic amines) is 1. The Labute approximate surface area is 158 Å². The van der Waals surface area contributed by atoms with Gasteiger partial charge in [-0.1, -0.05) is 17.3 Å². The summed E-state index contributed by atoms with van der Waals surface area (Å²) < 4.78 is 5.08. The van der Waals surface area contributed by atoms with Gasteiger partial charge in [0.05, 0.1) is 0 Å². The number of carbonyl (C=O) groups excluding carboxylic acids is 2. The molecule has 2 aromatic rings. The number of aromatic nitrogens is 1. The maximum atomic E-state index is 12.9. The molecule has 3 amide bonds. The number of hydrogen-bond donors (Lipinski definition) is 2. The van der Waals surface area contributed by atoms with Crippen molar-refractivity contribution in [1.82, 2.24) is 15.0 Å². The number of urea groups is 1. The van der Waals surface area contributed by atoms with E-state index < -0.39 is 6.04 Å². The summed E-state index contributed by atoms with van der Waals surface area (Å²) in [6, 6.07) is 6.65. The van der Waals surface area contributed by atoms with E-state index in [2.05, 4.69) is 10.5 Å². The molecule has 144 valence electrons. The highest BCUT2D eigenvalue weighted by Gasteiger charge is 2.36. The highest BCUT2D eigenvalue weighted by molar-refractivity contribution is 5.94. The maximum absolute atomic E-state index is 12.9. The first kappa shape index (κ1) is 18.8. The number of carbonyl (C=O) groups is 2. The summed E-state index contributed by atoms with van der Waals surface area (Å²) in [6.07, 6.45) is 1.45. The van der Waals surface area contributed by atoms with E-state index in [1.165, 1.54) is 0 Å². The van der Waals surface area contributed by atoms with Crippen LogP contribution in [0.15, 0.2) is 28.8 Å². The fraction of sp³-hybridized carbons (Fsp3) is 0.421. The standard InChI is InChI=1S/C19H25N5O3/c1-12-17(13(2)27-22-12)21-19(26)24-10-4-5-16(24)18(25)23(3)11-14-6-8-15(20)9-7-14/h6-9,16H,4-5,10-11,20H2,1-3H3,(H,21,26). The molecular formula is C19H25N5O3. The summed E-state index contributed by atoms with van der Waals surface area (Å²) >= 11 is 0. The van der Waals surface area contributed by atoms with Crippen molar-refractivity contribution in [2.45, 2.75) is 39.3 Å². The zero-order valence-electron chi connectivity index (χ0n) is 15.9. The topological polar surface area (TPSA) is 105 Å². The van der Waals surface area contributed by atoms with Crippen LogP contribution in [-0.4, -0.2) is 46.5 Å². The lowest BCUT2D eigenvalue weighted by Gasteiger charge is -2.28. The lowest BCUT2D eigenvalue weighted by atomic mass is 10.1. The van der Waals surface area contributed by atoms with Crippen LogP contribution in [0, 0.1) is 13.8 Å². The first-order chi connectivity index (χ1) is 12.9. The molecule has 0 saturated carbocycles. The number of nitrogens with zero attached hydrogens (tertiary/aromatic N) is 3. The highest BCUT2D eigenvalue weighted by Crippen LogP contribution is 2.24. The van der Waals surface area contributed by atoms with Gasteiger partial charge in [0.2, 0.25) is 5.91 Å². The second-order valence-corrected chi connectivity index (χ2v) is 6.92. The molecule has 1 saturated heterocycles. The maximum Gasteiger partial charge on any atom is 0.322 e.